The van der Waals surface area contributed by atoms with Gasteiger partial charge >= 0.3 is 0 Å². The Labute approximate surface area is 136 Å². The number of hydrogen-bond donors (Lipinski definition) is 1. The van der Waals surface area contributed by atoms with Crippen LogP contribution >= 0.6 is 24.0 Å². The molecule has 0 aliphatic carbocycles. The maximum Gasteiger partial charge on any atom is 0.193 e. The van der Waals surface area contributed by atoms with Crippen LogP contribution in [0.4, 0.5) is 0 Å². The number of guanidine groups is 1. The summed E-state index contributed by atoms with van der Waals surface area (Å²) < 4.78 is 2.25. The summed E-state index contributed by atoms with van der Waals surface area (Å²) in [5.41, 5.74) is 2.26. The minimum atomic E-state index is 0. The van der Waals surface area contributed by atoms with E-state index in [2.05, 4.69) is 56.9 Å². The van der Waals surface area contributed by atoms with Crippen molar-refractivity contribution in [3.63, 3.8) is 0 Å². The Morgan fingerprint density at radius 2 is 2.10 bits per heavy atom. The molecule has 3 rings (SSSR count). The third kappa shape index (κ3) is 2.89. The van der Waals surface area contributed by atoms with Crippen molar-refractivity contribution in [3.8, 4) is 0 Å². The molecule has 0 saturated carbocycles. The largest absolute Gasteiger partial charge is 0.354 e. The highest BCUT2D eigenvalue weighted by atomic mass is 127. The van der Waals surface area contributed by atoms with E-state index in [4.69, 9.17) is 0 Å². The second-order valence-electron chi connectivity index (χ2n) is 4.85. The molecular formula is C14H20IN5. The van der Waals surface area contributed by atoms with Gasteiger partial charge in [-0.3, -0.25) is 4.99 Å². The third-order valence-corrected chi connectivity index (χ3v) is 3.52. The number of benzene rings is 1. The summed E-state index contributed by atoms with van der Waals surface area (Å²) in [4.78, 5) is 11.2. The Morgan fingerprint density at radius 1 is 1.30 bits per heavy atom. The average Bonchev–Trinajstić information content (AvgIpc) is 2.94. The van der Waals surface area contributed by atoms with Crippen LogP contribution in [0.25, 0.3) is 11.0 Å². The second kappa shape index (κ2) is 6.43. The monoisotopic (exact) mass is 385 g/mol. The SMILES string of the molecule is Cc1nc2ccccc2n1CCNC1=NCCN1C.I. The van der Waals surface area contributed by atoms with Gasteiger partial charge in [0.25, 0.3) is 0 Å². The molecule has 0 saturated heterocycles. The Bertz CT molecular complexity index is 619. The highest BCUT2D eigenvalue weighted by Gasteiger charge is 2.11. The first kappa shape index (κ1) is 15.1. The summed E-state index contributed by atoms with van der Waals surface area (Å²) in [6, 6.07) is 8.26. The number of rotatable bonds is 3. The zero-order valence-corrected chi connectivity index (χ0v) is 14.2. The molecule has 0 fully saturated rings. The van der Waals surface area contributed by atoms with Crippen molar-refractivity contribution >= 4 is 41.0 Å². The zero-order chi connectivity index (χ0) is 13.2. The lowest BCUT2D eigenvalue weighted by Gasteiger charge is -2.15. The van der Waals surface area contributed by atoms with Gasteiger partial charge in [-0.25, -0.2) is 4.98 Å². The summed E-state index contributed by atoms with van der Waals surface area (Å²) in [6.07, 6.45) is 0. The number of para-hydroxylation sites is 2. The molecule has 0 radical (unpaired) electrons. The maximum absolute atomic E-state index is 4.57. The molecule has 1 aromatic heterocycles. The minimum absolute atomic E-state index is 0. The van der Waals surface area contributed by atoms with E-state index in [1.165, 1.54) is 5.52 Å². The fourth-order valence-corrected chi connectivity index (χ4v) is 2.48. The fraction of sp³-hybridized carbons (Fsp3) is 0.429. The van der Waals surface area contributed by atoms with Gasteiger partial charge in [0.05, 0.1) is 17.6 Å². The number of aryl methyl sites for hydroxylation is 1. The zero-order valence-electron chi connectivity index (χ0n) is 11.8. The molecule has 5 nitrogen and oxygen atoms in total. The lowest BCUT2D eigenvalue weighted by Crippen LogP contribution is -2.37. The Kier molecular flexibility index (Phi) is 4.85. The lowest BCUT2D eigenvalue weighted by atomic mass is 10.3. The topological polar surface area (TPSA) is 45.5 Å². The number of imidazole rings is 1. The molecule has 0 amide bonds. The van der Waals surface area contributed by atoms with Crippen LogP contribution in [0.5, 0.6) is 0 Å². The third-order valence-electron chi connectivity index (χ3n) is 3.52. The van der Waals surface area contributed by atoms with Gasteiger partial charge in [-0.1, -0.05) is 12.1 Å². The molecule has 0 unspecified atom stereocenters. The first-order valence-electron chi connectivity index (χ1n) is 6.67. The van der Waals surface area contributed by atoms with E-state index in [1.54, 1.807) is 0 Å². The molecule has 1 aromatic carbocycles. The quantitative estimate of drug-likeness (QED) is 0.821. The number of aliphatic imine (C=N–C) groups is 1. The van der Waals surface area contributed by atoms with Crippen molar-refractivity contribution in [3.05, 3.63) is 30.1 Å². The molecule has 1 N–H and O–H groups in total. The van der Waals surface area contributed by atoms with Crippen molar-refractivity contribution < 1.29 is 0 Å². The summed E-state index contributed by atoms with van der Waals surface area (Å²) in [5.74, 6) is 2.06. The van der Waals surface area contributed by atoms with E-state index in [-0.39, 0.29) is 24.0 Å². The molecule has 6 heteroatoms. The van der Waals surface area contributed by atoms with Crippen LogP contribution in [0.2, 0.25) is 0 Å². The molecular weight excluding hydrogens is 365 g/mol. The predicted molar refractivity (Wildman–Crippen MR) is 92.8 cm³/mol. The van der Waals surface area contributed by atoms with E-state index in [0.29, 0.717) is 0 Å². The number of hydrogen-bond acceptors (Lipinski definition) is 4. The van der Waals surface area contributed by atoms with Gasteiger partial charge in [0.1, 0.15) is 5.82 Å². The number of nitrogens with one attached hydrogen (secondary N) is 1. The maximum atomic E-state index is 4.57. The molecule has 0 atom stereocenters. The van der Waals surface area contributed by atoms with E-state index in [9.17, 15) is 0 Å². The Balaban J connectivity index is 0.00000147. The van der Waals surface area contributed by atoms with Crippen LogP contribution in [-0.2, 0) is 6.54 Å². The number of nitrogens with zero attached hydrogens (tertiary/aromatic N) is 4. The summed E-state index contributed by atoms with van der Waals surface area (Å²) >= 11 is 0. The molecule has 0 bridgehead atoms. The highest BCUT2D eigenvalue weighted by Crippen LogP contribution is 2.14. The smallest absolute Gasteiger partial charge is 0.193 e. The van der Waals surface area contributed by atoms with Crippen molar-refractivity contribution in [1.82, 2.24) is 19.8 Å². The molecule has 2 heterocycles. The molecule has 108 valence electrons. The van der Waals surface area contributed by atoms with Gasteiger partial charge in [-0.05, 0) is 19.1 Å². The first-order valence-corrected chi connectivity index (χ1v) is 6.67. The van der Waals surface area contributed by atoms with Crippen LogP contribution in [-0.4, -0.2) is 47.1 Å². The van der Waals surface area contributed by atoms with Crippen LogP contribution in [0.3, 0.4) is 0 Å². The Morgan fingerprint density at radius 3 is 2.85 bits per heavy atom. The second-order valence-corrected chi connectivity index (χ2v) is 4.85. The van der Waals surface area contributed by atoms with Gasteiger partial charge in [0, 0.05) is 26.7 Å². The number of fused-ring (bicyclic) bond motifs is 1. The number of aromatic nitrogens is 2. The van der Waals surface area contributed by atoms with E-state index >= 15 is 0 Å². The lowest BCUT2D eigenvalue weighted by molar-refractivity contribution is 0.528. The Hall–Kier alpha value is -1.31. The normalized spacial score (nSPS) is 14.3. The molecule has 1 aliphatic heterocycles. The van der Waals surface area contributed by atoms with Gasteiger partial charge in [-0.2, -0.15) is 0 Å². The molecule has 20 heavy (non-hydrogen) atoms. The van der Waals surface area contributed by atoms with Crippen molar-refractivity contribution in [2.24, 2.45) is 4.99 Å². The molecule has 1 aliphatic rings. The van der Waals surface area contributed by atoms with Gasteiger partial charge in [-0.15, -0.1) is 24.0 Å². The van der Waals surface area contributed by atoms with Crippen LogP contribution in [0.15, 0.2) is 29.3 Å². The van der Waals surface area contributed by atoms with Gasteiger partial charge in [0.2, 0.25) is 0 Å². The predicted octanol–water partition coefficient (Wildman–Crippen LogP) is 1.85. The standard InChI is InChI=1S/C14H19N5.HI/c1-11-17-12-5-3-4-6-13(12)19(11)10-8-16-14-15-7-9-18(14)2;/h3-6H,7-10H2,1-2H3,(H,15,16);1H. The van der Waals surface area contributed by atoms with Gasteiger partial charge in [0.15, 0.2) is 5.96 Å². The summed E-state index contributed by atoms with van der Waals surface area (Å²) in [7, 11) is 2.07. The summed E-state index contributed by atoms with van der Waals surface area (Å²) in [6.45, 7) is 5.73. The van der Waals surface area contributed by atoms with Crippen LogP contribution in [0, 0.1) is 6.92 Å². The number of halogens is 1. The van der Waals surface area contributed by atoms with Gasteiger partial charge < -0.3 is 14.8 Å². The van der Waals surface area contributed by atoms with E-state index in [0.717, 1.165) is 43.5 Å². The van der Waals surface area contributed by atoms with Crippen LogP contribution in [0.1, 0.15) is 5.82 Å². The van der Waals surface area contributed by atoms with E-state index in [1.807, 2.05) is 6.07 Å². The summed E-state index contributed by atoms with van der Waals surface area (Å²) in [5, 5.41) is 3.39. The van der Waals surface area contributed by atoms with Crippen molar-refractivity contribution in [2.45, 2.75) is 13.5 Å². The first-order chi connectivity index (χ1) is 9.25. The fourth-order valence-electron chi connectivity index (χ4n) is 2.48. The molecule has 2 aromatic rings. The highest BCUT2D eigenvalue weighted by molar-refractivity contribution is 14.0. The van der Waals surface area contributed by atoms with Crippen molar-refractivity contribution in [1.29, 1.82) is 0 Å². The minimum Gasteiger partial charge on any atom is -0.354 e. The molecule has 0 spiro atoms. The average molecular weight is 385 g/mol. The number of likely N-dealkylation sites (N-methyl/N-ethyl adjacent to an activating group) is 1. The van der Waals surface area contributed by atoms with E-state index < -0.39 is 0 Å². The van der Waals surface area contributed by atoms with Crippen molar-refractivity contribution in [2.75, 3.05) is 26.7 Å². The van der Waals surface area contributed by atoms with Crippen LogP contribution < -0.4 is 5.32 Å².